The first kappa shape index (κ1) is 15.1. The van der Waals surface area contributed by atoms with Gasteiger partial charge in [0.25, 0.3) is 0 Å². The third kappa shape index (κ3) is 3.23. The smallest absolute Gasteiger partial charge is 0.312 e. The minimum Gasteiger partial charge on any atom is -0.487 e. The molecule has 0 saturated carbocycles. The molecule has 1 aliphatic rings. The quantitative estimate of drug-likeness (QED) is 0.825. The Morgan fingerprint density at radius 1 is 1.50 bits per heavy atom. The van der Waals surface area contributed by atoms with Crippen molar-refractivity contribution in [2.75, 3.05) is 18.1 Å². The maximum absolute atomic E-state index is 11.0. The molecule has 20 heavy (non-hydrogen) atoms. The van der Waals surface area contributed by atoms with Crippen molar-refractivity contribution in [2.45, 2.75) is 12.0 Å². The summed E-state index contributed by atoms with van der Waals surface area (Å²) in [5.74, 6) is -1.55. The van der Waals surface area contributed by atoms with Crippen molar-refractivity contribution < 1.29 is 23.1 Å². The molecule has 1 aromatic rings. The molecule has 8 heteroatoms. The van der Waals surface area contributed by atoms with Gasteiger partial charge in [-0.3, -0.25) is 4.79 Å². The molecule has 1 atom stereocenters. The van der Waals surface area contributed by atoms with Crippen LogP contribution in [0.5, 0.6) is 5.75 Å². The van der Waals surface area contributed by atoms with Gasteiger partial charge in [-0.05, 0) is 17.7 Å². The Labute approximate surface area is 121 Å². The monoisotopic (exact) mass is 319 g/mol. The van der Waals surface area contributed by atoms with E-state index >= 15 is 0 Å². The average molecular weight is 320 g/mol. The largest absolute Gasteiger partial charge is 0.487 e. The van der Waals surface area contributed by atoms with Gasteiger partial charge in [-0.2, -0.15) is 0 Å². The van der Waals surface area contributed by atoms with E-state index in [9.17, 15) is 13.2 Å². The molecule has 3 N–H and O–H groups in total. The molecule has 0 amide bonds. The van der Waals surface area contributed by atoms with E-state index in [1.807, 2.05) is 0 Å². The fraction of sp³-hybridized carbons (Fsp3) is 0.417. The molecular formula is C12H14ClNO5S. The molecule has 1 aliphatic heterocycles. The lowest BCUT2D eigenvalue weighted by Gasteiger charge is -2.27. The lowest BCUT2D eigenvalue weighted by Crippen LogP contribution is -2.45. The van der Waals surface area contributed by atoms with Gasteiger partial charge in [-0.25, -0.2) is 8.42 Å². The lowest BCUT2D eigenvalue weighted by molar-refractivity contribution is -0.138. The van der Waals surface area contributed by atoms with Crippen LogP contribution in [0.4, 0.5) is 0 Å². The summed E-state index contributed by atoms with van der Waals surface area (Å²) < 4.78 is 27.5. The molecule has 1 unspecified atom stereocenters. The number of sulfone groups is 1. The Morgan fingerprint density at radius 3 is 2.60 bits per heavy atom. The molecule has 0 radical (unpaired) electrons. The topological polar surface area (TPSA) is 107 Å². The van der Waals surface area contributed by atoms with E-state index in [1.54, 1.807) is 6.07 Å². The second kappa shape index (κ2) is 5.59. The summed E-state index contributed by atoms with van der Waals surface area (Å²) in [6.07, 6.45) is -0.395. The maximum atomic E-state index is 11.0. The van der Waals surface area contributed by atoms with Crippen molar-refractivity contribution in [2.24, 2.45) is 5.73 Å². The maximum Gasteiger partial charge on any atom is 0.312 e. The van der Waals surface area contributed by atoms with Gasteiger partial charge in [0.05, 0.1) is 22.4 Å². The number of benzene rings is 1. The summed E-state index contributed by atoms with van der Waals surface area (Å²) in [4.78, 5) is 11.0. The molecule has 1 fully saturated rings. The Morgan fingerprint density at radius 2 is 2.15 bits per heavy atom. The van der Waals surface area contributed by atoms with Crippen LogP contribution in [-0.2, 0) is 14.6 Å². The first-order valence-corrected chi connectivity index (χ1v) is 8.11. The molecule has 0 spiro atoms. The Hall–Kier alpha value is -1.31. The van der Waals surface area contributed by atoms with Gasteiger partial charge >= 0.3 is 5.97 Å². The molecule has 1 aromatic carbocycles. The van der Waals surface area contributed by atoms with Crippen molar-refractivity contribution in [3.05, 3.63) is 28.8 Å². The zero-order chi connectivity index (χ0) is 14.9. The third-order valence-electron chi connectivity index (χ3n) is 3.07. The predicted octanol–water partition coefficient (Wildman–Crippen LogP) is 0.643. The van der Waals surface area contributed by atoms with Gasteiger partial charge in [-0.15, -0.1) is 0 Å². The summed E-state index contributed by atoms with van der Waals surface area (Å²) in [7, 11) is -2.96. The number of hydrogen-bond donors (Lipinski definition) is 2. The first-order valence-electron chi connectivity index (χ1n) is 5.92. The molecule has 110 valence electrons. The van der Waals surface area contributed by atoms with Gasteiger partial charge in [0.1, 0.15) is 11.9 Å². The van der Waals surface area contributed by atoms with E-state index in [-0.39, 0.29) is 23.1 Å². The predicted molar refractivity (Wildman–Crippen MR) is 74.0 cm³/mol. The Bertz CT molecular complexity index is 619. The fourth-order valence-corrected chi connectivity index (χ4v) is 3.38. The Kier molecular flexibility index (Phi) is 4.22. The molecule has 1 heterocycles. The summed E-state index contributed by atoms with van der Waals surface area (Å²) in [6, 6.07) is 4.59. The summed E-state index contributed by atoms with van der Waals surface area (Å²) >= 11 is 6.02. The van der Waals surface area contributed by atoms with E-state index < -0.39 is 27.8 Å². The van der Waals surface area contributed by atoms with Crippen LogP contribution in [0.2, 0.25) is 5.02 Å². The number of nitrogens with two attached hydrogens (primary N) is 1. The van der Waals surface area contributed by atoms with Crippen LogP contribution < -0.4 is 10.5 Å². The third-order valence-corrected chi connectivity index (χ3v) is 5.12. The van der Waals surface area contributed by atoms with E-state index in [0.717, 1.165) is 0 Å². The lowest BCUT2D eigenvalue weighted by atomic mass is 9.99. The summed E-state index contributed by atoms with van der Waals surface area (Å²) in [6.45, 7) is -0.0350. The van der Waals surface area contributed by atoms with E-state index in [1.165, 1.54) is 12.1 Å². The molecule has 2 rings (SSSR count). The SMILES string of the molecule is NCC(C(=O)O)c1ccc(OC2CS(=O)(=O)C2)c(Cl)c1. The van der Waals surface area contributed by atoms with Crippen molar-refractivity contribution in [3.63, 3.8) is 0 Å². The van der Waals surface area contributed by atoms with Crippen LogP contribution in [0.3, 0.4) is 0 Å². The zero-order valence-corrected chi connectivity index (χ0v) is 12.0. The first-order chi connectivity index (χ1) is 9.32. The van der Waals surface area contributed by atoms with Crippen LogP contribution in [0, 0.1) is 0 Å². The second-order valence-electron chi connectivity index (χ2n) is 4.63. The summed E-state index contributed by atoms with van der Waals surface area (Å²) in [5.41, 5.74) is 5.90. The highest BCUT2D eigenvalue weighted by molar-refractivity contribution is 7.92. The normalized spacial score (nSPS) is 19.1. The van der Waals surface area contributed by atoms with E-state index in [0.29, 0.717) is 11.3 Å². The molecule has 1 saturated heterocycles. The number of rotatable bonds is 5. The summed E-state index contributed by atoms with van der Waals surface area (Å²) in [5, 5.41) is 9.26. The van der Waals surface area contributed by atoms with Crippen LogP contribution >= 0.6 is 11.6 Å². The fourth-order valence-electron chi connectivity index (χ4n) is 1.97. The van der Waals surface area contributed by atoms with E-state index in [2.05, 4.69) is 0 Å². The van der Waals surface area contributed by atoms with Gasteiger partial charge < -0.3 is 15.6 Å². The molecule has 0 aliphatic carbocycles. The van der Waals surface area contributed by atoms with Crippen LogP contribution in [-0.4, -0.2) is 43.6 Å². The minimum absolute atomic E-state index is 0.0222. The highest BCUT2D eigenvalue weighted by Crippen LogP contribution is 2.31. The number of carboxylic acid groups (broad SMARTS) is 1. The zero-order valence-electron chi connectivity index (χ0n) is 10.5. The number of hydrogen-bond acceptors (Lipinski definition) is 5. The van der Waals surface area contributed by atoms with Crippen molar-refractivity contribution in [3.8, 4) is 5.75 Å². The minimum atomic E-state index is -2.96. The highest BCUT2D eigenvalue weighted by atomic mass is 35.5. The van der Waals surface area contributed by atoms with Crippen molar-refractivity contribution >= 4 is 27.4 Å². The number of aliphatic carboxylic acids is 1. The van der Waals surface area contributed by atoms with Crippen molar-refractivity contribution in [1.82, 2.24) is 0 Å². The van der Waals surface area contributed by atoms with Gasteiger partial charge in [0.15, 0.2) is 9.84 Å². The molecule has 6 nitrogen and oxygen atoms in total. The molecule has 0 bridgehead atoms. The van der Waals surface area contributed by atoms with Crippen LogP contribution in [0.15, 0.2) is 18.2 Å². The van der Waals surface area contributed by atoms with Crippen LogP contribution in [0.1, 0.15) is 11.5 Å². The van der Waals surface area contributed by atoms with Gasteiger partial charge in [0, 0.05) is 6.54 Å². The van der Waals surface area contributed by atoms with E-state index in [4.69, 9.17) is 27.2 Å². The number of halogens is 1. The number of ether oxygens (including phenoxy) is 1. The number of carbonyl (C=O) groups is 1. The number of carboxylic acids is 1. The standard InChI is InChI=1S/C12H14ClNO5S/c13-10-3-7(9(4-14)12(15)16)1-2-11(10)19-8-5-20(17,18)6-8/h1-3,8-9H,4-6,14H2,(H,15,16). The van der Waals surface area contributed by atoms with Gasteiger partial charge in [-0.1, -0.05) is 17.7 Å². The highest BCUT2D eigenvalue weighted by Gasteiger charge is 2.35. The second-order valence-corrected chi connectivity index (χ2v) is 7.19. The Balaban J connectivity index is 2.12. The van der Waals surface area contributed by atoms with Crippen LogP contribution in [0.25, 0.3) is 0 Å². The average Bonchev–Trinajstić information content (AvgIpc) is 2.30. The van der Waals surface area contributed by atoms with Crippen molar-refractivity contribution in [1.29, 1.82) is 0 Å². The molecule has 0 aromatic heterocycles. The van der Waals surface area contributed by atoms with Gasteiger partial charge in [0.2, 0.25) is 0 Å². The molecular weight excluding hydrogens is 306 g/mol.